The molecule has 0 saturated heterocycles. The lowest BCUT2D eigenvalue weighted by Crippen LogP contribution is -2.31. The zero-order valence-corrected chi connectivity index (χ0v) is 9.28. The van der Waals surface area contributed by atoms with Crippen LogP contribution in [0.25, 0.3) is 10.2 Å². The van der Waals surface area contributed by atoms with E-state index in [1.807, 2.05) is 0 Å². The molecule has 0 unspecified atom stereocenters. The van der Waals surface area contributed by atoms with Gasteiger partial charge < -0.3 is 0 Å². The summed E-state index contributed by atoms with van der Waals surface area (Å²) >= 11 is 1.39. The zero-order valence-electron chi connectivity index (χ0n) is 8.47. The number of nitrogens with one attached hydrogen (secondary N) is 1. The van der Waals surface area contributed by atoms with Gasteiger partial charge in [0.15, 0.2) is 0 Å². The van der Waals surface area contributed by atoms with Crippen LogP contribution < -0.4 is 11.0 Å². The lowest BCUT2D eigenvalue weighted by atomic mass is 10.4. The molecule has 0 aliphatic carbocycles. The van der Waals surface area contributed by atoms with Gasteiger partial charge in [0.05, 0.1) is 18.8 Å². The number of thiophene rings is 1. The molecule has 6 nitrogen and oxygen atoms in total. The zero-order chi connectivity index (χ0) is 11.5. The minimum Gasteiger partial charge on any atom is -0.289 e. The molecular formula is C9H9N3O3S. The summed E-state index contributed by atoms with van der Waals surface area (Å²) in [6, 6.07) is 1.69. The highest BCUT2D eigenvalue weighted by molar-refractivity contribution is 7.16. The van der Waals surface area contributed by atoms with Gasteiger partial charge in [-0.05, 0) is 11.4 Å². The maximum atomic E-state index is 11.8. The number of aromatic nitrogens is 2. The second-order valence-electron chi connectivity index (χ2n) is 3.05. The molecule has 2 heterocycles. The molecule has 1 amide bonds. The van der Waals surface area contributed by atoms with Crippen LogP contribution in [0.1, 0.15) is 0 Å². The summed E-state index contributed by atoms with van der Waals surface area (Å²) in [5, 5.41) is 2.32. The first-order valence-corrected chi connectivity index (χ1v) is 5.35. The van der Waals surface area contributed by atoms with Crippen LogP contribution in [0, 0.1) is 0 Å². The van der Waals surface area contributed by atoms with Crippen LogP contribution in [0.5, 0.6) is 0 Å². The van der Waals surface area contributed by atoms with E-state index in [1.165, 1.54) is 29.3 Å². The molecule has 0 spiro atoms. The Morgan fingerprint density at radius 1 is 1.69 bits per heavy atom. The van der Waals surface area contributed by atoms with Gasteiger partial charge in [0, 0.05) is 0 Å². The summed E-state index contributed by atoms with van der Waals surface area (Å²) < 4.78 is 1.24. The summed E-state index contributed by atoms with van der Waals surface area (Å²) in [4.78, 5) is 32.3. The molecule has 0 bridgehead atoms. The Morgan fingerprint density at radius 3 is 3.25 bits per heavy atom. The van der Waals surface area contributed by atoms with E-state index in [1.54, 1.807) is 11.4 Å². The monoisotopic (exact) mass is 239 g/mol. The van der Waals surface area contributed by atoms with Crippen molar-refractivity contribution < 1.29 is 9.63 Å². The summed E-state index contributed by atoms with van der Waals surface area (Å²) in [5.41, 5.74) is 1.91. The third-order valence-corrected chi connectivity index (χ3v) is 2.80. The standard InChI is InChI=1S/C9H9N3O3S/c1-15-11-7(13)4-12-5-10-8-6(9(12)14)2-3-16-8/h2-3,5H,4H2,1H3,(H,11,13). The predicted molar refractivity (Wildman–Crippen MR) is 59.0 cm³/mol. The van der Waals surface area contributed by atoms with E-state index in [0.717, 1.165) is 0 Å². The van der Waals surface area contributed by atoms with Gasteiger partial charge in [-0.25, -0.2) is 10.5 Å². The van der Waals surface area contributed by atoms with E-state index in [4.69, 9.17) is 0 Å². The molecule has 0 saturated carbocycles. The van der Waals surface area contributed by atoms with E-state index in [0.29, 0.717) is 10.2 Å². The summed E-state index contributed by atoms with van der Waals surface area (Å²) in [5.74, 6) is -0.402. The largest absolute Gasteiger partial charge is 0.289 e. The van der Waals surface area contributed by atoms with Crippen molar-refractivity contribution in [3.05, 3.63) is 28.1 Å². The van der Waals surface area contributed by atoms with Gasteiger partial charge in [0.25, 0.3) is 11.5 Å². The van der Waals surface area contributed by atoms with Crippen molar-refractivity contribution in [2.75, 3.05) is 7.11 Å². The maximum absolute atomic E-state index is 11.8. The molecule has 0 radical (unpaired) electrons. The molecule has 2 aromatic rings. The summed E-state index contributed by atoms with van der Waals surface area (Å²) in [6.07, 6.45) is 1.36. The van der Waals surface area contributed by atoms with Gasteiger partial charge in [-0.1, -0.05) is 0 Å². The lowest BCUT2D eigenvalue weighted by molar-refractivity contribution is -0.131. The Bertz CT molecular complexity index is 575. The average Bonchev–Trinajstić information content (AvgIpc) is 2.71. The molecule has 0 aromatic carbocycles. The Balaban J connectivity index is 2.34. The van der Waals surface area contributed by atoms with E-state index in [-0.39, 0.29) is 12.1 Å². The fourth-order valence-electron chi connectivity index (χ4n) is 1.31. The van der Waals surface area contributed by atoms with Crippen LogP contribution in [0.3, 0.4) is 0 Å². The fourth-order valence-corrected chi connectivity index (χ4v) is 2.03. The number of carbonyl (C=O) groups is 1. The predicted octanol–water partition coefficient (Wildman–Crippen LogP) is 0.136. The molecule has 7 heteroatoms. The number of rotatable bonds is 3. The number of nitrogens with zero attached hydrogens (tertiary/aromatic N) is 2. The lowest BCUT2D eigenvalue weighted by Gasteiger charge is -2.04. The Labute approximate surface area is 94.4 Å². The molecule has 84 valence electrons. The molecule has 0 fully saturated rings. The molecule has 16 heavy (non-hydrogen) atoms. The van der Waals surface area contributed by atoms with Crippen LogP contribution in [-0.2, 0) is 16.2 Å². The SMILES string of the molecule is CONC(=O)Cn1cnc2sccc2c1=O. The second-order valence-corrected chi connectivity index (χ2v) is 3.94. The van der Waals surface area contributed by atoms with Crippen molar-refractivity contribution in [2.24, 2.45) is 0 Å². The Kier molecular flexibility index (Phi) is 2.97. The molecular weight excluding hydrogens is 230 g/mol. The first kappa shape index (κ1) is 10.8. The normalized spacial score (nSPS) is 10.6. The van der Waals surface area contributed by atoms with E-state index in [9.17, 15) is 9.59 Å². The highest BCUT2D eigenvalue weighted by Crippen LogP contribution is 2.12. The number of carbonyl (C=O) groups excluding carboxylic acids is 1. The van der Waals surface area contributed by atoms with E-state index < -0.39 is 5.91 Å². The van der Waals surface area contributed by atoms with Crippen LogP contribution in [0.15, 0.2) is 22.6 Å². The summed E-state index contributed by atoms with van der Waals surface area (Å²) in [6.45, 7) is -0.106. The van der Waals surface area contributed by atoms with Gasteiger partial charge in [-0.2, -0.15) is 0 Å². The second kappa shape index (κ2) is 4.42. The smallest absolute Gasteiger partial charge is 0.263 e. The van der Waals surface area contributed by atoms with Crippen molar-refractivity contribution in [2.45, 2.75) is 6.54 Å². The molecule has 0 aliphatic rings. The number of fused-ring (bicyclic) bond motifs is 1. The first-order chi connectivity index (χ1) is 7.72. The molecule has 2 aromatic heterocycles. The van der Waals surface area contributed by atoms with Crippen molar-refractivity contribution >= 4 is 27.5 Å². The third-order valence-electron chi connectivity index (χ3n) is 1.98. The quantitative estimate of drug-likeness (QED) is 0.773. The van der Waals surface area contributed by atoms with Crippen LogP contribution >= 0.6 is 11.3 Å². The number of hydrogen-bond acceptors (Lipinski definition) is 5. The number of hydroxylamine groups is 1. The molecule has 0 aliphatic heterocycles. The van der Waals surface area contributed by atoms with Crippen molar-refractivity contribution in [1.29, 1.82) is 0 Å². The minimum atomic E-state index is -0.402. The van der Waals surface area contributed by atoms with Gasteiger partial charge >= 0.3 is 0 Å². The average molecular weight is 239 g/mol. The van der Waals surface area contributed by atoms with Crippen LogP contribution in [0.4, 0.5) is 0 Å². The van der Waals surface area contributed by atoms with Gasteiger partial charge in [-0.15, -0.1) is 11.3 Å². The minimum absolute atomic E-state index is 0.106. The molecule has 1 N–H and O–H groups in total. The van der Waals surface area contributed by atoms with E-state index in [2.05, 4.69) is 15.3 Å². The van der Waals surface area contributed by atoms with Crippen LogP contribution in [-0.4, -0.2) is 22.6 Å². The van der Waals surface area contributed by atoms with E-state index >= 15 is 0 Å². The molecule has 2 rings (SSSR count). The maximum Gasteiger partial charge on any atom is 0.263 e. The highest BCUT2D eigenvalue weighted by atomic mass is 32.1. The van der Waals surface area contributed by atoms with Crippen LogP contribution in [0.2, 0.25) is 0 Å². The Hall–Kier alpha value is -1.73. The number of hydrogen-bond donors (Lipinski definition) is 1. The fraction of sp³-hybridized carbons (Fsp3) is 0.222. The topological polar surface area (TPSA) is 73.2 Å². The molecule has 0 atom stereocenters. The first-order valence-electron chi connectivity index (χ1n) is 4.47. The van der Waals surface area contributed by atoms with Gasteiger partial charge in [-0.3, -0.25) is 19.0 Å². The van der Waals surface area contributed by atoms with Crippen molar-refractivity contribution in [1.82, 2.24) is 15.0 Å². The van der Waals surface area contributed by atoms with Crippen molar-refractivity contribution in [3.8, 4) is 0 Å². The highest BCUT2D eigenvalue weighted by Gasteiger charge is 2.08. The van der Waals surface area contributed by atoms with Gasteiger partial charge in [0.2, 0.25) is 0 Å². The summed E-state index contributed by atoms with van der Waals surface area (Å²) in [7, 11) is 1.33. The van der Waals surface area contributed by atoms with Gasteiger partial charge in [0.1, 0.15) is 11.4 Å². The Morgan fingerprint density at radius 2 is 2.50 bits per heavy atom. The number of amides is 1. The third kappa shape index (κ3) is 1.95. The van der Waals surface area contributed by atoms with Crippen molar-refractivity contribution in [3.63, 3.8) is 0 Å².